The van der Waals surface area contributed by atoms with E-state index >= 15 is 0 Å². The lowest BCUT2D eigenvalue weighted by Crippen LogP contribution is -2.23. The number of para-hydroxylation sites is 1. The monoisotopic (exact) mass is 424 g/mol. The van der Waals surface area contributed by atoms with Gasteiger partial charge in [0.1, 0.15) is 0 Å². The van der Waals surface area contributed by atoms with E-state index in [1.54, 1.807) is 0 Å². The molecule has 0 fully saturated rings. The Morgan fingerprint density at radius 3 is 2.69 bits per heavy atom. The van der Waals surface area contributed by atoms with Crippen LogP contribution in [0.3, 0.4) is 0 Å². The molecule has 0 saturated carbocycles. The fourth-order valence-electron chi connectivity index (χ4n) is 4.46. The van der Waals surface area contributed by atoms with E-state index in [1.807, 2.05) is 66.7 Å². The second-order valence-electron chi connectivity index (χ2n) is 8.46. The van der Waals surface area contributed by atoms with Gasteiger partial charge in [0, 0.05) is 16.8 Å². The normalized spacial score (nSPS) is 15.3. The summed E-state index contributed by atoms with van der Waals surface area (Å²) >= 11 is 0. The molecule has 1 atom stereocenters. The Labute approximate surface area is 186 Å². The number of nitrogens with zero attached hydrogens (tertiary/aromatic N) is 1. The first-order valence-corrected chi connectivity index (χ1v) is 10.9. The Bertz CT molecular complexity index is 1350. The summed E-state index contributed by atoms with van der Waals surface area (Å²) in [7, 11) is 0. The van der Waals surface area contributed by atoms with E-state index in [4.69, 9.17) is 9.72 Å². The molecule has 1 N–H and O–H groups in total. The van der Waals surface area contributed by atoms with Crippen LogP contribution in [0.1, 0.15) is 35.0 Å². The van der Waals surface area contributed by atoms with E-state index in [2.05, 4.69) is 12.2 Å². The van der Waals surface area contributed by atoms with Gasteiger partial charge in [0.05, 0.1) is 11.1 Å². The number of aromatic nitrogens is 1. The Kier molecular flexibility index (Phi) is 5.31. The number of ether oxygens (including phenoxy) is 1. The average Bonchev–Trinajstić information content (AvgIpc) is 2.81. The lowest BCUT2D eigenvalue weighted by molar-refractivity contribution is -0.119. The van der Waals surface area contributed by atoms with Crippen LogP contribution in [0.5, 0.6) is 0 Å². The maximum atomic E-state index is 13.1. The molecule has 160 valence electrons. The number of aryl methyl sites for hydroxylation is 1. The molecule has 5 nitrogen and oxygen atoms in total. The second-order valence-corrected chi connectivity index (χ2v) is 8.46. The maximum absolute atomic E-state index is 13.1. The topological polar surface area (TPSA) is 68.3 Å². The van der Waals surface area contributed by atoms with E-state index in [0.717, 1.165) is 52.2 Å². The average molecular weight is 425 g/mol. The standard InChI is InChI=1S/C27H24N2O3/c1-17-10-13-24-22(14-17)26(21-8-4-5-9-23(21)29-24)27(31)32-16-25(30)28-20-12-11-18-6-2-3-7-19(18)15-20/h2-9,11-12,15,17H,10,13-14,16H2,1H3,(H,28,30)/t17-/m0/s1. The van der Waals surface area contributed by atoms with Crippen LogP contribution >= 0.6 is 0 Å². The fourth-order valence-corrected chi connectivity index (χ4v) is 4.46. The quantitative estimate of drug-likeness (QED) is 0.451. The van der Waals surface area contributed by atoms with Crippen LogP contribution in [0.25, 0.3) is 21.7 Å². The van der Waals surface area contributed by atoms with Gasteiger partial charge >= 0.3 is 5.97 Å². The van der Waals surface area contributed by atoms with Gasteiger partial charge in [0.25, 0.3) is 5.91 Å². The molecule has 5 rings (SSSR count). The van der Waals surface area contributed by atoms with Crippen LogP contribution in [-0.4, -0.2) is 23.5 Å². The molecule has 1 aliphatic rings. The highest BCUT2D eigenvalue weighted by atomic mass is 16.5. The lowest BCUT2D eigenvalue weighted by atomic mass is 9.84. The Morgan fingerprint density at radius 1 is 1.03 bits per heavy atom. The largest absolute Gasteiger partial charge is 0.452 e. The summed E-state index contributed by atoms with van der Waals surface area (Å²) in [6, 6.07) is 21.3. The number of hydrogen-bond acceptors (Lipinski definition) is 4. The smallest absolute Gasteiger partial charge is 0.339 e. The lowest BCUT2D eigenvalue weighted by Gasteiger charge is -2.24. The van der Waals surface area contributed by atoms with E-state index in [1.165, 1.54) is 0 Å². The van der Waals surface area contributed by atoms with Crippen LogP contribution in [0.4, 0.5) is 5.69 Å². The predicted molar refractivity (Wildman–Crippen MR) is 126 cm³/mol. The summed E-state index contributed by atoms with van der Waals surface area (Å²) in [6.07, 6.45) is 2.70. The highest BCUT2D eigenvalue weighted by molar-refractivity contribution is 6.06. The highest BCUT2D eigenvalue weighted by Gasteiger charge is 2.26. The van der Waals surface area contributed by atoms with Crippen LogP contribution in [0, 0.1) is 5.92 Å². The van der Waals surface area contributed by atoms with E-state index in [9.17, 15) is 9.59 Å². The molecule has 0 unspecified atom stereocenters. The van der Waals surface area contributed by atoms with Crippen molar-refractivity contribution in [2.45, 2.75) is 26.2 Å². The van der Waals surface area contributed by atoms with Gasteiger partial charge in [-0.15, -0.1) is 0 Å². The Morgan fingerprint density at radius 2 is 1.81 bits per heavy atom. The van der Waals surface area contributed by atoms with Crippen molar-refractivity contribution in [3.63, 3.8) is 0 Å². The number of anilines is 1. The summed E-state index contributed by atoms with van der Waals surface area (Å²) in [5.74, 6) is -0.356. The molecule has 1 heterocycles. The SMILES string of the molecule is C[C@H]1CCc2nc3ccccc3c(C(=O)OCC(=O)Nc3ccc4ccccc4c3)c2C1. The second kappa shape index (κ2) is 8.42. The van der Waals surface area contributed by atoms with Crippen molar-refractivity contribution in [2.75, 3.05) is 11.9 Å². The van der Waals surface area contributed by atoms with Gasteiger partial charge in [-0.25, -0.2) is 4.79 Å². The zero-order valence-electron chi connectivity index (χ0n) is 17.9. The summed E-state index contributed by atoms with van der Waals surface area (Å²) in [6.45, 7) is 1.84. The van der Waals surface area contributed by atoms with Crippen LogP contribution in [0.15, 0.2) is 66.7 Å². The summed E-state index contributed by atoms with van der Waals surface area (Å²) in [5.41, 5.74) is 3.94. The zero-order chi connectivity index (χ0) is 22.1. The van der Waals surface area contributed by atoms with Gasteiger partial charge in [-0.3, -0.25) is 9.78 Å². The first-order valence-electron chi connectivity index (χ1n) is 10.9. The van der Waals surface area contributed by atoms with E-state index in [0.29, 0.717) is 17.2 Å². The fraction of sp³-hybridized carbons (Fsp3) is 0.222. The summed E-state index contributed by atoms with van der Waals surface area (Å²) < 4.78 is 5.48. The van der Waals surface area contributed by atoms with Crippen molar-refractivity contribution in [1.29, 1.82) is 0 Å². The number of benzene rings is 3. The van der Waals surface area contributed by atoms with Crippen molar-refractivity contribution in [1.82, 2.24) is 4.98 Å². The zero-order valence-corrected chi connectivity index (χ0v) is 17.9. The number of esters is 1. The molecular weight excluding hydrogens is 400 g/mol. The molecule has 4 aromatic rings. The van der Waals surface area contributed by atoms with Crippen molar-refractivity contribution in [3.8, 4) is 0 Å². The molecule has 32 heavy (non-hydrogen) atoms. The molecule has 0 bridgehead atoms. The molecule has 1 amide bonds. The van der Waals surface area contributed by atoms with Crippen LogP contribution < -0.4 is 5.32 Å². The van der Waals surface area contributed by atoms with Gasteiger partial charge < -0.3 is 10.1 Å². The number of hydrogen-bond donors (Lipinski definition) is 1. The minimum atomic E-state index is -0.470. The minimum absolute atomic E-state index is 0.341. The molecule has 1 aliphatic carbocycles. The van der Waals surface area contributed by atoms with Crippen molar-refractivity contribution >= 4 is 39.2 Å². The summed E-state index contributed by atoms with van der Waals surface area (Å²) in [4.78, 5) is 30.4. The van der Waals surface area contributed by atoms with Crippen molar-refractivity contribution < 1.29 is 14.3 Å². The van der Waals surface area contributed by atoms with E-state index in [-0.39, 0.29) is 12.5 Å². The van der Waals surface area contributed by atoms with Gasteiger partial charge in [0.15, 0.2) is 6.61 Å². The van der Waals surface area contributed by atoms with Gasteiger partial charge in [-0.2, -0.15) is 0 Å². The third-order valence-electron chi connectivity index (χ3n) is 6.08. The number of rotatable bonds is 4. The van der Waals surface area contributed by atoms with Crippen molar-refractivity contribution in [3.05, 3.63) is 83.6 Å². The molecule has 3 aromatic carbocycles. The third-order valence-corrected chi connectivity index (χ3v) is 6.08. The molecular formula is C27H24N2O3. The first-order chi connectivity index (χ1) is 15.6. The minimum Gasteiger partial charge on any atom is -0.452 e. The molecule has 0 spiro atoms. The first kappa shape index (κ1) is 20.2. The number of pyridine rings is 1. The van der Waals surface area contributed by atoms with Crippen LogP contribution in [-0.2, 0) is 22.4 Å². The van der Waals surface area contributed by atoms with Gasteiger partial charge in [0.2, 0.25) is 0 Å². The predicted octanol–water partition coefficient (Wildman–Crippen LogP) is 5.31. The Hall–Kier alpha value is -3.73. The molecule has 0 saturated heterocycles. The number of amides is 1. The summed E-state index contributed by atoms with van der Waals surface area (Å²) in [5, 5.41) is 5.73. The number of fused-ring (bicyclic) bond motifs is 3. The molecule has 5 heteroatoms. The molecule has 1 aromatic heterocycles. The number of carbonyl (C=O) groups is 2. The van der Waals surface area contributed by atoms with Gasteiger partial charge in [-0.1, -0.05) is 55.5 Å². The molecule has 0 radical (unpaired) electrons. The Balaban J connectivity index is 1.35. The van der Waals surface area contributed by atoms with Crippen LogP contribution in [0.2, 0.25) is 0 Å². The van der Waals surface area contributed by atoms with E-state index < -0.39 is 5.97 Å². The number of nitrogens with one attached hydrogen (secondary N) is 1. The number of carbonyl (C=O) groups excluding carboxylic acids is 2. The highest BCUT2D eigenvalue weighted by Crippen LogP contribution is 2.32. The maximum Gasteiger partial charge on any atom is 0.339 e. The van der Waals surface area contributed by atoms with Crippen molar-refractivity contribution in [2.24, 2.45) is 5.92 Å². The third kappa shape index (κ3) is 3.94. The van der Waals surface area contributed by atoms with Gasteiger partial charge in [-0.05, 0) is 59.7 Å². The molecule has 0 aliphatic heterocycles.